The molecule has 0 heterocycles. The molecule has 0 atom stereocenters. The minimum atomic E-state index is 0.740. The van der Waals surface area contributed by atoms with Crippen molar-refractivity contribution in [3.63, 3.8) is 0 Å². The maximum Gasteiger partial charge on any atom is 0.119 e. The van der Waals surface area contributed by atoms with Crippen LogP contribution in [0.4, 0.5) is 0 Å². The first kappa shape index (κ1) is 20.6. The molecule has 0 saturated heterocycles. The zero-order valence-electron chi connectivity index (χ0n) is 15.3. The second-order valence-electron chi connectivity index (χ2n) is 6.65. The molecule has 1 aromatic rings. The molecule has 0 aliphatic heterocycles. The van der Waals surface area contributed by atoms with Crippen LogP contribution in [0.25, 0.3) is 0 Å². The van der Waals surface area contributed by atoms with Gasteiger partial charge in [-0.05, 0) is 24.9 Å². The molecular weight excluding hydrogens is 294 g/mol. The summed E-state index contributed by atoms with van der Waals surface area (Å²) >= 11 is 0. The summed E-state index contributed by atoms with van der Waals surface area (Å²) in [6.45, 7) is 7.03. The standard InChI is InChI=1S/C22H35NO/c1-2-18-23(21-22-16-12-11-13-17-22)19-14-9-7-5-3-4-6-8-10-15-20-24/h2,11-13,16-17,20H,1,3-10,14-15,18-19,21H2. The van der Waals surface area contributed by atoms with Crippen LogP contribution in [0.5, 0.6) is 0 Å². The Kier molecular flexibility index (Phi) is 13.0. The van der Waals surface area contributed by atoms with Gasteiger partial charge in [-0.15, -0.1) is 6.58 Å². The molecule has 0 amide bonds. The number of carbonyl (C=O) groups excluding carboxylic acids is 1. The highest BCUT2D eigenvalue weighted by molar-refractivity contribution is 5.48. The van der Waals surface area contributed by atoms with E-state index in [0.29, 0.717) is 0 Å². The van der Waals surface area contributed by atoms with Gasteiger partial charge in [-0.3, -0.25) is 4.90 Å². The molecule has 0 N–H and O–H groups in total. The topological polar surface area (TPSA) is 20.3 Å². The van der Waals surface area contributed by atoms with Crippen LogP contribution in [0.1, 0.15) is 69.8 Å². The highest BCUT2D eigenvalue weighted by Gasteiger charge is 2.03. The molecule has 0 fully saturated rings. The lowest BCUT2D eigenvalue weighted by molar-refractivity contribution is -0.107. The zero-order chi connectivity index (χ0) is 17.3. The van der Waals surface area contributed by atoms with Crippen molar-refractivity contribution in [2.75, 3.05) is 13.1 Å². The fourth-order valence-corrected chi connectivity index (χ4v) is 3.06. The summed E-state index contributed by atoms with van der Waals surface area (Å²) in [5.41, 5.74) is 1.38. The van der Waals surface area contributed by atoms with Gasteiger partial charge < -0.3 is 4.79 Å². The lowest BCUT2D eigenvalue weighted by Crippen LogP contribution is -2.24. The van der Waals surface area contributed by atoms with Gasteiger partial charge in [0.1, 0.15) is 6.29 Å². The van der Waals surface area contributed by atoms with Crippen molar-refractivity contribution in [2.24, 2.45) is 0 Å². The average molecular weight is 330 g/mol. The predicted molar refractivity (Wildman–Crippen MR) is 104 cm³/mol. The monoisotopic (exact) mass is 329 g/mol. The summed E-state index contributed by atoms with van der Waals surface area (Å²) in [7, 11) is 0. The summed E-state index contributed by atoms with van der Waals surface area (Å²) in [6, 6.07) is 10.7. The van der Waals surface area contributed by atoms with Gasteiger partial charge in [-0.25, -0.2) is 0 Å². The van der Waals surface area contributed by atoms with Gasteiger partial charge in [0.15, 0.2) is 0 Å². The van der Waals surface area contributed by atoms with Crippen LogP contribution in [0, 0.1) is 0 Å². The van der Waals surface area contributed by atoms with Crippen LogP contribution in [-0.2, 0) is 11.3 Å². The summed E-state index contributed by atoms with van der Waals surface area (Å²) in [5, 5.41) is 0. The lowest BCUT2D eigenvalue weighted by Gasteiger charge is -2.20. The minimum Gasteiger partial charge on any atom is -0.303 e. The Morgan fingerprint density at radius 1 is 0.833 bits per heavy atom. The second-order valence-corrected chi connectivity index (χ2v) is 6.65. The molecule has 1 aromatic carbocycles. The molecule has 0 saturated carbocycles. The largest absolute Gasteiger partial charge is 0.303 e. The van der Waals surface area contributed by atoms with E-state index in [-0.39, 0.29) is 0 Å². The van der Waals surface area contributed by atoms with Crippen molar-refractivity contribution in [3.8, 4) is 0 Å². The van der Waals surface area contributed by atoms with Gasteiger partial charge in [0.05, 0.1) is 0 Å². The zero-order valence-corrected chi connectivity index (χ0v) is 15.3. The summed E-state index contributed by atoms with van der Waals surface area (Å²) in [4.78, 5) is 12.7. The molecule has 2 heteroatoms. The van der Waals surface area contributed by atoms with Crippen molar-refractivity contribution in [1.29, 1.82) is 0 Å². The molecule has 1 rings (SSSR count). The molecule has 134 valence electrons. The maximum atomic E-state index is 10.2. The molecule has 0 aliphatic rings. The summed E-state index contributed by atoms with van der Waals surface area (Å²) in [5.74, 6) is 0. The van der Waals surface area contributed by atoms with E-state index in [4.69, 9.17) is 0 Å². The molecule has 2 nitrogen and oxygen atoms in total. The van der Waals surface area contributed by atoms with Crippen molar-refractivity contribution in [1.82, 2.24) is 4.90 Å². The summed E-state index contributed by atoms with van der Waals surface area (Å²) in [6.07, 6.45) is 15.3. The number of benzene rings is 1. The third-order valence-corrected chi connectivity index (χ3v) is 4.43. The Labute approximate surface area is 149 Å². The van der Waals surface area contributed by atoms with Crippen LogP contribution in [0.2, 0.25) is 0 Å². The van der Waals surface area contributed by atoms with Gasteiger partial charge in [0, 0.05) is 19.5 Å². The van der Waals surface area contributed by atoms with E-state index in [1.807, 2.05) is 6.08 Å². The fourth-order valence-electron chi connectivity index (χ4n) is 3.06. The highest BCUT2D eigenvalue weighted by Crippen LogP contribution is 2.11. The lowest BCUT2D eigenvalue weighted by atomic mass is 10.1. The molecule has 0 spiro atoms. The number of carbonyl (C=O) groups is 1. The van der Waals surface area contributed by atoms with Crippen LogP contribution in [0.15, 0.2) is 43.0 Å². The SMILES string of the molecule is C=CCN(CCCCCCCCCCCC=O)Cc1ccccc1. The third-order valence-electron chi connectivity index (χ3n) is 4.43. The highest BCUT2D eigenvalue weighted by atomic mass is 16.1. The van der Waals surface area contributed by atoms with Crippen molar-refractivity contribution < 1.29 is 4.79 Å². The first-order valence-electron chi connectivity index (χ1n) is 9.67. The second kappa shape index (κ2) is 15.1. The van der Waals surface area contributed by atoms with Gasteiger partial charge >= 0.3 is 0 Å². The molecule has 0 radical (unpaired) electrons. The number of hydrogen-bond acceptors (Lipinski definition) is 2. The Hall–Kier alpha value is -1.41. The molecule has 0 aromatic heterocycles. The Morgan fingerprint density at radius 3 is 2.00 bits per heavy atom. The van der Waals surface area contributed by atoms with Crippen LogP contribution in [-0.4, -0.2) is 24.3 Å². The summed E-state index contributed by atoms with van der Waals surface area (Å²) < 4.78 is 0. The molecule has 0 unspecified atom stereocenters. The maximum absolute atomic E-state index is 10.2. The van der Waals surface area contributed by atoms with Crippen LogP contribution in [0.3, 0.4) is 0 Å². The Morgan fingerprint density at radius 2 is 1.42 bits per heavy atom. The van der Waals surface area contributed by atoms with Gasteiger partial charge in [-0.2, -0.15) is 0 Å². The van der Waals surface area contributed by atoms with Gasteiger partial charge in [0.25, 0.3) is 0 Å². The normalized spacial score (nSPS) is 10.9. The minimum absolute atomic E-state index is 0.740. The average Bonchev–Trinajstić information content (AvgIpc) is 2.60. The first-order valence-corrected chi connectivity index (χ1v) is 9.67. The number of unbranched alkanes of at least 4 members (excludes halogenated alkanes) is 9. The number of rotatable bonds is 16. The van der Waals surface area contributed by atoms with Crippen molar-refractivity contribution in [2.45, 2.75) is 70.8 Å². The molecule has 24 heavy (non-hydrogen) atoms. The van der Waals surface area contributed by atoms with E-state index in [1.165, 1.54) is 56.9 Å². The van der Waals surface area contributed by atoms with Crippen molar-refractivity contribution >= 4 is 6.29 Å². The quantitative estimate of drug-likeness (QED) is 0.218. The first-order chi connectivity index (χ1) is 11.9. The van der Waals surface area contributed by atoms with Crippen LogP contribution >= 0.6 is 0 Å². The van der Waals surface area contributed by atoms with E-state index in [1.54, 1.807) is 0 Å². The molecule has 0 aliphatic carbocycles. The van der Waals surface area contributed by atoms with Crippen molar-refractivity contribution in [3.05, 3.63) is 48.6 Å². The number of hydrogen-bond donors (Lipinski definition) is 0. The smallest absolute Gasteiger partial charge is 0.119 e. The Balaban J connectivity index is 2.01. The fraction of sp³-hybridized carbons (Fsp3) is 0.591. The third kappa shape index (κ3) is 11.2. The molecule has 0 bridgehead atoms. The van der Waals surface area contributed by atoms with Crippen LogP contribution < -0.4 is 0 Å². The van der Waals surface area contributed by atoms with E-state index >= 15 is 0 Å². The number of aldehydes is 1. The van der Waals surface area contributed by atoms with E-state index < -0.39 is 0 Å². The number of nitrogens with zero attached hydrogens (tertiary/aromatic N) is 1. The van der Waals surface area contributed by atoms with E-state index in [0.717, 1.165) is 38.8 Å². The predicted octanol–water partition coefficient (Wildman–Crippen LogP) is 5.77. The van der Waals surface area contributed by atoms with Gasteiger partial charge in [-0.1, -0.05) is 81.4 Å². The molecular formula is C22H35NO. The Bertz CT molecular complexity index is 415. The van der Waals surface area contributed by atoms with E-state index in [9.17, 15) is 4.79 Å². The van der Waals surface area contributed by atoms with Gasteiger partial charge in [0.2, 0.25) is 0 Å². The van der Waals surface area contributed by atoms with E-state index in [2.05, 4.69) is 41.8 Å².